The highest BCUT2D eigenvalue weighted by molar-refractivity contribution is 5.84. The van der Waals surface area contributed by atoms with Gasteiger partial charge < -0.3 is 25.2 Å². The summed E-state index contributed by atoms with van der Waals surface area (Å²) in [5.74, 6) is -0.00642. The van der Waals surface area contributed by atoms with Crippen LogP contribution in [0.5, 0.6) is 0 Å². The largest absolute Gasteiger partial charge is 0.445 e. The van der Waals surface area contributed by atoms with Crippen molar-refractivity contribution < 1.29 is 30.0 Å². The van der Waals surface area contributed by atoms with Gasteiger partial charge in [-0.25, -0.2) is 4.79 Å². The lowest BCUT2D eigenvalue weighted by molar-refractivity contribution is -0.215. The molecule has 2 bridgehead atoms. The van der Waals surface area contributed by atoms with Gasteiger partial charge in [0.15, 0.2) is 0 Å². The molecule has 4 aliphatic rings. The number of ether oxygens (including phenoxy) is 1. The molecule has 0 aliphatic heterocycles. The highest BCUT2D eigenvalue weighted by Gasteiger charge is 2.75. The summed E-state index contributed by atoms with van der Waals surface area (Å²) in [5.41, 5.74) is -1.83. The molecular weight excluding hydrogens is 434 g/mol. The van der Waals surface area contributed by atoms with E-state index >= 15 is 0 Å². The number of hydrogen-bond donors (Lipinski definition) is 5. The summed E-state index contributed by atoms with van der Waals surface area (Å²) >= 11 is 0. The maximum absolute atomic E-state index is 12.4. The Labute approximate surface area is 200 Å². The molecule has 0 saturated heterocycles. The Kier molecular flexibility index (Phi) is 5.30. The molecule has 0 radical (unpaired) electrons. The van der Waals surface area contributed by atoms with Gasteiger partial charge in [0.05, 0.1) is 11.5 Å². The van der Waals surface area contributed by atoms with Gasteiger partial charge in [0, 0.05) is 11.6 Å². The summed E-state index contributed by atoms with van der Waals surface area (Å²) in [7, 11) is 0. The number of aliphatic hydroxyl groups excluding tert-OH is 3. The molecule has 4 aliphatic carbocycles. The first-order chi connectivity index (χ1) is 16.0. The Morgan fingerprint density at radius 3 is 2.50 bits per heavy atom. The first-order valence-corrected chi connectivity index (χ1v) is 12.1. The second-order valence-corrected chi connectivity index (χ2v) is 11.4. The number of aliphatic hydroxyl groups is 4. The highest BCUT2D eigenvalue weighted by atomic mass is 16.5. The monoisotopic (exact) mass is 469 g/mol. The molecule has 1 aromatic carbocycles. The minimum Gasteiger partial charge on any atom is -0.445 e. The number of nitrogens with one attached hydrogen (secondary N) is 1. The number of amides is 1. The topological polar surface area (TPSA) is 119 Å². The fourth-order valence-electron chi connectivity index (χ4n) is 7.55. The van der Waals surface area contributed by atoms with Gasteiger partial charge in [-0.05, 0) is 59.8 Å². The SMILES string of the molecule is CC1=C[C@]23C(O)[C@@H](C=C(COC(=O)Nc4ccccc4)[C@@H](O)[C@]2(O)[C@H]1O)[C@H]1[C@@H](C[C@H]3C)C1(C)C. The molecular formula is C27H35NO6. The molecule has 1 aromatic rings. The quantitative estimate of drug-likeness (QED) is 0.435. The fourth-order valence-corrected chi connectivity index (χ4v) is 7.55. The fraction of sp³-hybridized carbons (Fsp3) is 0.593. The lowest BCUT2D eigenvalue weighted by Crippen LogP contribution is -2.66. The summed E-state index contributed by atoms with van der Waals surface area (Å²) in [4.78, 5) is 12.4. The number of rotatable bonds is 3. The van der Waals surface area contributed by atoms with Gasteiger partial charge in [-0.3, -0.25) is 5.32 Å². The number of anilines is 1. The first-order valence-electron chi connectivity index (χ1n) is 12.1. The number of carbonyl (C=O) groups is 1. The third kappa shape index (κ3) is 3.00. The van der Waals surface area contributed by atoms with Crippen LogP contribution >= 0.6 is 0 Å². The molecule has 7 nitrogen and oxygen atoms in total. The molecule has 9 atom stereocenters. The zero-order chi connectivity index (χ0) is 24.6. The summed E-state index contributed by atoms with van der Waals surface area (Å²) in [6.45, 7) is 7.82. The van der Waals surface area contributed by atoms with Gasteiger partial charge in [0.1, 0.15) is 24.4 Å². The van der Waals surface area contributed by atoms with Crippen LogP contribution in [0.15, 0.2) is 53.6 Å². The lowest BCUT2D eigenvalue weighted by Gasteiger charge is -2.51. The highest BCUT2D eigenvalue weighted by Crippen LogP contribution is 2.72. The van der Waals surface area contributed by atoms with Crippen molar-refractivity contribution in [3.63, 3.8) is 0 Å². The summed E-state index contributed by atoms with van der Waals surface area (Å²) < 4.78 is 5.44. The Morgan fingerprint density at radius 2 is 1.82 bits per heavy atom. The lowest BCUT2D eigenvalue weighted by atomic mass is 9.58. The molecule has 5 N–H and O–H groups in total. The van der Waals surface area contributed by atoms with Crippen LogP contribution in [0, 0.1) is 34.5 Å². The van der Waals surface area contributed by atoms with Crippen molar-refractivity contribution in [2.75, 3.05) is 11.9 Å². The van der Waals surface area contributed by atoms with E-state index in [0.717, 1.165) is 6.42 Å². The molecule has 184 valence electrons. The van der Waals surface area contributed by atoms with Crippen molar-refractivity contribution in [3.8, 4) is 0 Å². The second kappa shape index (κ2) is 7.65. The van der Waals surface area contributed by atoms with Crippen LogP contribution in [0.3, 0.4) is 0 Å². The molecule has 7 heteroatoms. The zero-order valence-electron chi connectivity index (χ0n) is 20.1. The van der Waals surface area contributed by atoms with E-state index in [9.17, 15) is 25.2 Å². The minimum absolute atomic E-state index is 0.0120. The molecule has 1 spiro atoms. The average molecular weight is 470 g/mol. The molecule has 5 rings (SSSR count). The van der Waals surface area contributed by atoms with Crippen molar-refractivity contribution >= 4 is 11.8 Å². The van der Waals surface area contributed by atoms with Crippen molar-refractivity contribution in [1.29, 1.82) is 0 Å². The van der Waals surface area contributed by atoms with Gasteiger partial charge >= 0.3 is 6.09 Å². The van der Waals surface area contributed by atoms with E-state index in [-0.39, 0.29) is 29.8 Å². The van der Waals surface area contributed by atoms with Gasteiger partial charge in [-0.15, -0.1) is 0 Å². The number of fused-ring (bicyclic) bond motifs is 3. The van der Waals surface area contributed by atoms with E-state index in [1.54, 1.807) is 43.3 Å². The molecule has 34 heavy (non-hydrogen) atoms. The third-order valence-electron chi connectivity index (χ3n) is 9.40. The Hall–Kier alpha value is -2.19. The van der Waals surface area contributed by atoms with Gasteiger partial charge in [0.2, 0.25) is 0 Å². The Bertz CT molecular complexity index is 1050. The van der Waals surface area contributed by atoms with E-state index in [4.69, 9.17) is 4.74 Å². The standard InChI is InChI=1S/C27H35NO6/c1-14-12-26-15(2)10-19-20(25(19,3)4)18(23(26)31)11-16(22(30)27(26,33)21(14)29)13-34-24(32)28-17-8-6-5-7-9-17/h5-9,11-12,15,18-23,29-31,33H,10,13H2,1-4H3,(H,28,32)/t15-,18+,19-,20+,21+,22-,23?,26+,27-/m1/s1. The number of carbonyl (C=O) groups excluding carboxylic acids is 1. The van der Waals surface area contributed by atoms with Crippen LogP contribution in [0.1, 0.15) is 34.1 Å². The molecule has 0 aromatic heterocycles. The molecule has 2 fully saturated rings. The van der Waals surface area contributed by atoms with E-state index < -0.39 is 35.4 Å². The predicted molar refractivity (Wildman–Crippen MR) is 127 cm³/mol. The summed E-state index contributed by atoms with van der Waals surface area (Å²) in [5, 5.41) is 49.2. The van der Waals surface area contributed by atoms with Gasteiger partial charge in [-0.2, -0.15) is 0 Å². The maximum atomic E-state index is 12.4. The van der Waals surface area contributed by atoms with Crippen LogP contribution in [0.2, 0.25) is 0 Å². The minimum atomic E-state index is -2.03. The predicted octanol–water partition coefficient (Wildman–Crippen LogP) is 2.86. The molecule has 0 heterocycles. The first kappa shape index (κ1) is 23.5. The second-order valence-electron chi connectivity index (χ2n) is 11.4. The van der Waals surface area contributed by atoms with Crippen molar-refractivity contribution in [2.24, 2.45) is 34.5 Å². The molecule has 1 amide bonds. The number of hydrogen-bond acceptors (Lipinski definition) is 6. The molecule has 2 saturated carbocycles. The van der Waals surface area contributed by atoms with E-state index in [1.807, 2.05) is 13.0 Å². The normalized spacial score (nSPS) is 43.9. The van der Waals surface area contributed by atoms with E-state index in [1.165, 1.54) is 0 Å². The number of para-hydroxylation sites is 1. The Morgan fingerprint density at radius 1 is 1.15 bits per heavy atom. The van der Waals surface area contributed by atoms with E-state index in [0.29, 0.717) is 22.8 Å². The van der Waals surface area contributed by atoms with Crippen molar-refractivity contribution in [1.82, 2.24) is 0 Å². The number of benzene rings is 1. The van der Waals surface area contributed by atoms with Crippen LogP contribution in [0.4, 0.5) is 10.5 Å². The summed E-state index contributed by atoms with van der Waals surface area (Å²) in [6, 6.07) is 8.88. The zero-order valence-corrected chi connectivity index (χ0v) is 20.1. The van der Waals surface area contributed by atoms with Crippen LogP contribution in [-0.4, -0.2) is 57.0 Å². The van der Waals surface area contributed by atoms with Crippen LogP contribution in [0.25, 0.3) is 0 Å². The smallest absolute Gasteiger partial charge is 0.411 e. The maximum Gasteiger partial charge on any atom is 0.411 e. The van der Waals surface area contributed by atoms with Crippen molar-refractivity contribution in [2.45, 2.75) is 58.0 Å². The van der Waals surface area contributed by atoms with E-state index in [2.05, 4.69) is 19.2 Å². The average Bonchev–Trinajstić information content (AvgIpc) is 3.30. The Balaban J connectivity index is 1.51. The van der Waals surface area contributed by atoms with Crippen LogP contribution in [-0.2, 0) is 4.74 Å². The van der Waals surface area contributed by atoms with Crippen molar-refractivity contribution in [3.05, 3.63) is 53.6 Å². The molecule has 1 unspecified atom stereocenters. The van der Waals surface area contributed by atoms with Gasteiger partial charge in [-0.1, -0.05) is 51.1 Å². The third-order valence-corrected chi connectivity index (χ3v) is 9.40. The van der Waals surface area contributed by atoms with Crippen LogP contribution < -0.4 is 5.32 Å². The summed E-state index contributed by atoms with van der Waals surface area (Å²) in [6.07, 6.45) is -0.171. The van der Waals surface area contributed by atoms with Gasteiger partial charge in [0.25, 0.3) is 0 Å².